The largest absolute Gasteiger partial charge is 0.349 e. The van der Waals surface area contributed by atoms with Crippen molar-refractivity contribution in [3.63, 3.8) is 0 Å². The summed E-state index contributed by atoms with van der Waals surface area (Å²) in [5.41, 5.74) is 3.45. The first-order valence-electron chi connectivity index (χ1n) is 12.1. The Balaban J connectivity index is 1.15. The molecule has 0 aromatic heterocycles. The smallest absolute Gasteiger partial charge is 0.261 e. The Bertz CT molecular complexity index is 1150. The third-order valence-electron chi connectivity index (χ3n) is 6.69. The molecular weight excluding hydrogens is 430 g/mol. The van der Waals surface area contributed by atoms with E-state index in [2.05, 4.69) is 5.32 Å². The van der Waals surface area contributed by atoms with Gasteiger partial charge >= 0.3 is 0 Å². The van der Waals surface area contributed by atoms with Crippen LogP contribution < -0.4 is 5.32 Å². The number of hydrogen-bond donors (Lipinski definition) is 1. The molecule has 4 amide bonds. The number of aryl methyl sites for hydroxylation is 1. The van der Waals surface area contributed by atoms with Crippen LogP contribution in [0.15, 0.2) is 42.5 Å². The Morgan fingerprint density at radius 1 is 0.971 bits per heavy atom. The van der Waals surface area contributed by atoms with Gasteiger partial charge in [-0.2, -0.15) is 0 Å². The molecular formula is C27H29N3O4. The fraction of sp³-hybridized carbons (Fsp3) is 0.407. The van der Waals surface area contributed by atoms with E-state index in [9.17, 15) is 19.2 Å². The van der Waals surface area contributed by atoms with Gasteiger partial charge < -0.3 is 10.2 Å². The topological polar surface area (TPSA) is 86.8 Å². The molecule has 0 atom stereocenters. The zero-order valence-electron chi connectivity index (χ0n) is 19.4. The van der Waals surface area contributed by atoms with E-state index in [0.29, 0.717) is 35.7 Å². The fourth-order valence-electron chi connectivity index (χ4n) is 4.40. The average Bonchev–Trinajstić information content (AvgIpc) is 3.75. The lowest BCUT2D eigenvalue weighted by Gasteiger charge is -2.23. The number of fused-ring (bicyclic) bond motifs is 1. The van der Waals surface area contributed by atoms with Gasteiger partial charge in [-0.25, -0.2) is 0 Å². The summed E-state index contributed by atoms with van der Waals surface area (Å²) in [4.78, 5) is 53.6. The van der Waals surface area contributed by atoms with Gasteiger partial charge in [0.2, 0.25) is 5.91 Å². The van der Waals surface area contributed by atoms with Crippen molar-refractivity contribution in [3.8, 4) is 0 Å². The molecule has 0 spiro atoms. The first-order valence-corrected chi connectivity index (χ1v) is 12.1. The summed E-state index contributed by atoms with van der Waals surface area (Å²) >= 11 is 0. The highest BCUT2D eigenvalue weighted by molar-refractivity contribution is 6.21. The first-order chi connectivity index (χ1) is 16.4. The van der Waals surface area contributed by atoms with Crippen LogP contribution in [0.1, 0.15) is 80.7 Å². The molecule has 7 nitrogen and oxygen atoms in total. The second-order valence-corrected chi connectivity index (χ2v) is 9.61. The lowest BCUT2D eigenvalue weighted by Crippen LogP contribution is -2.34. The number of carbonyl (C=O) groups is 4. The lowest BCUT2D eigenvalue weighted by molar-refractivity contribution is -0.132. The Labute approximate surface area is 199 Å². The average molecular weight is 460 g/mol. The van der Waals surface area contributed by atoms with Crippen molar-refractivity contribution in [2.75, 3.05) is 6.54 Å². The van der Waals surface area contributed by atoms with Crippen LogP contribution in [0.2, 0.25) is 0 Å². The third-order valence-corrected chi connectivity index (χ3v) is 6.69. The van der Waals surface area contributed by atoms with E-state index in [4.69, 9.17) is 0 Å². The van der Waals surface area contributed by atoms with E-state index >= 15 is 0 Å². The maximum atomic E-state index is 13.0. The van der Waals surface area contributed by atoms with Crippen molar-refractivity contribution in [1.82, 2.24) is 15.1 Å². The van der Waals surface area contributed by atoms with Crippen molar-refractivity contribution in [2.24, 2.45) is 0 Å². The van der Waals surface area contributed by atoms with E-state index < -0.39 is 0 Å². The molecule has 1 heterocycles. The zero-order chi connectivity index (χ0) is 23.8. The Kier molecular flexibility index (Phi) is 5.94. The van der Waals surface area contributed by atoms with E-state index in [1.807, 2.05) is 42.2 Å². The summed E-state index contributed by atoms with van der Waals surface area (Å²) in [6.45, 7) is 2.63. The Hall–Kier alpha value is -3.48. The van der Waals surface area contributed by atoms with Gasteiger partial charge in [0.05, 0.1) is 11.1 Å². The van der Waals surface area contributed by atoms with Crippen LogP contribution >= 0.6 is 0 Å². The monoisotopic (exact) mass is 459 g/mol. The molecule has 0 unspecified atom stereocenters. The van der Waals surface area contributed by atoms with Gasteiger partial charge in [0.1, 0.15) is 0 Å². The molecule has 2 aliphatic carbocycles. The highest BCUT2D eigenvalue weighted by Crippen LogP contribution is 2.30. The van der Waals surface area contributed by atoms with Crippen LogP contribution in [0.3, 0.4) is 0 Å². The van der Waals surface area contributed by atoms with Gasteiger partial charge in [0.25, 0.3) is 17.7 Å². The van der Waals surface area contributed by atoms with Gasteiger partial charge in [-0.15, -0.1) is 0 Å². The van der Waals surface area contributed by atoms with Crippen molar-refractivity contribution in [3.05, 3.63) is 70.3 Å². The lowest BCUT2D eigenvalue weighted by atomic mass is 10.1. The number of rotatable bonds is 9. The van der Waals surface area contributed by atoms with Crippen molar-refractivity contribution >= 4 is 23.6 Å². The van der Waals surface area contributed by atoms with E-state index in [1.165, 1.54) is 4.90 Å². The number of benzene rings is 2. The summed E-state index contributed by atoms with van der Waals surface area (Å²) in [6, 6.07) is 13.3. The molecule has 1 aliphatic heterocycles. The normalized spacial score (nSPS) is 17.0. The summed E-state index contributed by atoms with van der Waals surface area (Å²) in [5.74, 6) is -0.573. The molecule has 5 rings (SSSR count). The number of carbonyl (C=O) groups excluding carboxylic acids is 4. The minimum Gasteiger partial charge on any atom is -0.349 e. The zero-order valence-corrected chi connectivity index (χ0v) is 19.4. The summed E-state index contributed by atoms with van der Waals surface area (Å²) < 4.78 is 0. The standard InChI is InChI=1S/C27H29N3O4/c1-17-4-13-22-23(15-17)27(34)29(26(22)33)14-2-3-24(31)30(21-11-12-21)16-18-5-7-19(8-6-18)25(32)28-20-9-10-20/h4-8,13,15,20-21H,2-3,9-12,14,16H2,1H3,(H,28,32). The number of amides is 4. The Morgan fingerprint density at radius 3 is 2.35 bits per heavy atom. The summed E-state index contributed by atoms with van der Waals surface area (Å²) in [6.07, 6.45) is 4.80. The van der Waals surface area contributed by atoms with Gasteiger partial charge in [-0.05, 0) is 68.9 Å². The van der Waals surface area contributed by atoms with Gasteiger partial charge in [0, 0.05) is 37.2 Å². The minimum absolute atomic E-state index is 0.0329. The molecule has 2 saturated carbocycles. The quantitative estimate of drug-likeness (QED) is 0.582. The number of nitrogens with zero attached hydrogens (tertiary/aromatic N) is 2. The second kappa shape index (κ2) is 9.05. The molecule has 0 bridgehead atoms. The van der Waals surface area contributed by atoms with Gasteiger partial charge in [0.15, 0.2) is 0 Å². The predicted octanol–water partition coefficient (Wildman–Crippen LogP) is 3.45. The SMILES string of the molecule is Cc1ccc2c(c1)C(=O)N(CCCC(=O)N(Cc1ccc(C(=O)NC3CC3)cc1)C1CC1)C2=O. The maximum Gasteiger partial charge on any atom is 0.261 e. The highest BCUT2D eigenvalue weighted by Gasteiger charge is 2.36. The van der Waals surface area contributed by atoms with Crippen LogP contribution in [0.25, 0.3) is 0 Å². The van der Waals surface area contributed by atoms with Crippen molar-refractivity contribution in [1.29, 1.82) is 0 Å². The van der Waals surface area contributed by atoms with Crippen molar-refractivity contribution < 1.29 is 19.2 Å². The molecule has 2 aromatic carbocycles. The van der Waals surface area contributed by atoms with Crippen LogP contribution in [0, 0.1) is 6.92 Å². The molecule has 34 heavy (non-hydrogen) atoms. The molecule has 0 radical (unpaired) electrons. The molecule has 176 valence electrons. The van der Waals surface area contributed by atoms with Crippen LogP contribution in [0.5, 0.6) is 0 Å². The van der Waals surface area contributed by atoms with E-state index in [-0.39, 0.29) is 42.6 Å². The van der Waals surface area contributed by atoms with Gasteiger partial charge in [-0.3, -0.25) is 24.1 Å². The highest BCUT2D eigenvalue weighted by atomic mass is 16.2. The molecule has 2 aromatic rings. The van der Waals surface area contributed by atoms with Crippen LogP contribution in [0.4, 0.5) is 0 Å². The van der Waals surface area contributed by atoms with Gasteiger partial charge in [-0.1, -0.05) is 23.8 Å². The Morgan fingerprint density at radius 2 is 1.68 bits per heavy atom. The minimum atomic E-state index is -0.280. The molecule has 7 heteroatoms. The number of hydrogen-bond acceptors (Lipinski definition) is 4. The molecule has 0 saturated heterocycles. The summed E-state index contributed by atoms with van der Waals surface area (Å²) in [5, 5.41) is 2.98. The first kappa shape index (κ1) is 22.3. The number of nitrogens with one attached hydrogen (secondary N) is 1. The van der Waals surface area contributed by atoms with Crippen LogP contribution in [-0.2, 0) is 11.3 Å². The third kappa shape index (κ3) is 4.74. The fourth-order valence-corrected chi connectivity index (χ4v) is 4.40. The molecule has 1 N–H and O–H groups in total. The van der Waals surface area contributed by atoms with E-state index in [0.717, 1.165) is 36.8 Å². The molecule has 2 fully saturated rings. The van der Waals surface area contributed by atoms with Crippen molar-refractivity contribution in [2.45, 2.75) is 64.1 Å². The predicted molar refractivity (Wildman–Crippen MR) is 126 cm³/mol. The summed E-state index contributed by atoms with van der Waals surface area (Å²) in [7, 11) is 0. The van der Waals surface area contributed by atoms with Crippen LogP contribution in [-0.4, -0.2) is 52.1 Å². The second-order valence-electron chi connectivity index (χ2n) is 9.61. The molecule has 3 aliphatic rings. The van der Waals surface area contributed by atoms with E-state index in [1.54, 1.807) is 12.1 Å². The number of imide groups is 1. The maximum absolute atomic E-state index is 13.0.